The van der Waals surface area contributed by atoms with E-state index in [2.05, 4.69) is 43.2 Å². The highest BCUT2D eigenvalue weighted by atomic mass is 16.3. The number of phenolic OH excluding ortho intramolecular Hbond substituents is 1. The molecule has 1 aliphatic carbocycles. The Morgan fingerprint density at radius 2 is 1.71 bits per heavy atom. The second-order valence-electron chi connectivity index (χ2n) is 9.15. The van der Waals surface area contributed by atoms with Crippen LogP contribution in [0.5, 0.6) is 5.75 Å². The number of aromatic nitrogens is 1. The maximum atomic E-state index is 11.7. The van der Waals surface area contributed by atoms with E-state index in [0.717, 1.165) is 36.8 Å². The third-order valence-corrected chi connectivity index (χ3v) is 6.74. The Morgan fingerprint density at radius 1 is 1.10 bits per heavy atom. The first-order chi connectivity index (χ1) is 14.7. The van der Waals surface area contributed by atoms with Gasteiger partial charge in [0.1, 0.15) is 5.75 Å². The third kappa shape index (κ3) is 4.00. The summed E-state index contributed by atoms with van der Waals surface area (Å²) in [7, 11) is 0. The lowest BCUT2D eigenvalue weighted by atomic mass is 9.94. The normalized spacial score (nSPS) is 15.9. The van der Waals surface area contributed by atoms with E-state index in [1.807, 2.05) is 6.92 Å². The van der Waals surface area contributed by atoms with E-state index >= 15 is 0 Å². The van der Waals surface area contributed by atoms with E-state index in [1.54, 1.807) is 12.1 Å². The predicted octanol–water partition coefficient (Wildman–Crippen LogP) is 3.85. The summed E-state index contributed by atoms with van der Waals surface area (Å²) in [5.74, 6) is 0.0192. The maximum absolute atomic E-state index is 11.7. The molecule has 4 rings (SSSR count). The molecule has 5 nitrogen and oxygen atoms in total. The Bertz CT molecular complexity index is 1160. The number of aliphatic hydroxyl groups is 1. The van der Waals surface area contributed by atoms with Gasteiger partial charge in [-0.3, -0.25) is 4.79 Å². The van der Waals surface area contributed by atoms with Gasteiger partial charge < -0.3 is 20.5 Å². The first-order valence-electron chi connectivity index (χ1n) is 11.2. The SMILES string of the molecule is CCc1cc2c(cc1CC)CC(C)(NC[C@H](O)c1c(C)cc(O)c3[nH]c(=O)ccc13)C2. The monoisotopic (exact) mass is 420 g/mol. The molecule has 4 N–H and O–H groups in total. The molecule has 3 aromatic rings. The minimum atomic E-state index is -0.757. The molecule has 0 saturated heterocycles. The van der Waals surface area contributed by atoms with E-state index in [0.29, 0.717) is 17.4 Å². The van der Waals surface area contributed by atoms with Crippen molar-refractivity contribution in [2.24, 2.45) is 0 Å². The van der Waals surface area contributed by atoms with E-state index in [4.69, 9.17) is 0 Å². The molecule has 1 aromatic heterocycles. The second kappa shape index (κ2) is 8.13. The first-order valence-corrected chi connectivity index (χ1v) is 11.2. The number of phenols is 1. The highest BCUT2D eigenvalue weighted by Crippen LogP contribution is 2.35. The molecule has 1 heterocycles. The zero-order chi connectivity index (χ0) is 22.3. The van der Waals surface area contributed by atoms with Gasteiger partial charge in [0.25, 0.3) is 0 Å². The van der Waals surface area contributed by atoms with Gasteiger partial charge in [0, 0.05) is 23.5 Å². The summed E-state index contributed by atoms with van der Waals surface area (Å²) in [5, 5.41) is 25.6. The molecule has 0 amide bonds. The largest absolute Gasteiger partial charge is 0.506 e. The van der Waals surface area contributed by atoms with Crippen LogP contribution in [0.25, 0.3) is 10.9 Å². The first kappa shape index (κ1) is 21.6. The third-order valence-electron chi connectivity index (χ3n) is 6.74. The van der Waals surface area contributed by atoms with Crippen LogP contribution in [0.3, 0.4) is 0 Å². The molecule has 1 atom stereocenters. The molecule has 0 spiro atoms. The second-order valence-corrected chi connectivity index (χ2v) is 9.15. The van der Waals surface area contributed by atoms with Gasteiger partial charge in [-0.2, -0.15) is 0 Å². The van der Waals surface area contributed by atoms with Crippen LogP contribution in [-0.2, 0) is 25.7 Å². The van der Waals surface area contributed by atoms with Crippen molar-refractivity contribution in [3.63, 3.8) is 0 Å². The minimum absolute atomic E-state index is 0.0192. The smallest absolute Gasteiger partial charge is 0.248 e. The lowest BCUT2D eigenvalue weighted by molar-refractivity contribution is 0.160. The molecule has 164 valence electrons. The number of fused-ring (bicyclic) bond motifs is 2. The van der Waals surface area contributed by atoms with E-state index < -0.39 is 6.10 Å². The Kier molecular flexibility index (Phi) is 5.67. The maximum Gasteiger partial charge on any atom is 0.248 e. The molecule has 0 fully saturated rings. The number of nitrogens with one attached hydrogen (secondary N) is 2. The van der Waals surface area contributed by atoms with Gasteiger partial charge in [0.05, 0.1) is 11.6 Å². The summed E-state index contributed by atoms with van der Waals surface area (Å²) in [6.45, 7) is 8.90. The van der Waals surface area contributed by atoms with Crippen LogP contribution in [0, 0.1) is 6.92 Å². The standard InChI is InChI=1S/C26H32N2O3/c1-5-16-10-18-12-26(4,13-19(18)11-17(16)6-2)27-14-22(30)24-15(3)9-21(29)25-20(24)7-8-23(31)28-25/h7-11,22,27,29-30H,5-6,12-14H2,1-4H3,(H,28,31)/t22-/m0/s1. The Morgan fingerprint density at radius 3 is 2.29 bits per heavy atom. The number of aromatic hydroxyl groups is 1. The minimum Gasteiger partial charge on any atom is -0.506 e. The van der Waals surface area contributed by atoms with Gasteiger partial charge in [-0.05, 0) is 85.0 Å². The number of aryl methyl sites for hydroxylation is 3. The average Bonchev–Trinajstić information content (AvgIpc) is 3.07. The Balaban J connectivity index is 1.57. The molecule has 31 heavy (non-hydrogen) atoms. The van der Waals surface area contributed by atoms with Crippen molar-refractivity contribution in [1.29, 1.82) is 0 Å². The van der Waals surface area contributed by atoms with Crippen LogP contribution in [0.1, 0.15) is 60.3 Å². The molecule has 2 aromatic carbocycles. The van der Waals surface area contributed by atoms with Crippen molar-refractivity contribution in [3.8, 4) is 5.75 Å². The Labute approximate surface area is 183 Å². The molecule has 0 bridgehead atoms. The number of H-pyrrole nitrogens is 1. The number of rotatable bonds is 6. The molecule has 0 saturated carbocycles. The van der Waals surface area contributed by atoms with Crippen LogP contribution in [-0.4, -0.2) is 27.3 Å². The highest BCUT2D eigenvalue weighted by Gasteiger charge is 2.33. The van der Waals surface area contributed by atoms with Crippen molar-refractivity contribution in [3.05, 3.63) is 74.1 Å². The molecular weight excluding hydrogens is 388 g/mol. The fourth-order valence-corrected chi connectivity index (χ4v) is 5.16. The quantitative estimate of drug-likeness (QED) is 0.488. The van der Waals surface area contributed by atoms with Crippen molar-refractivity contribution >= 4 is 10.9 Å². The lowest BCUT2D eigenvalue weighted by Gasteiger charge is -2.28. The fraction of sp³-hybridized carbons (Fsp3) is 0.423. The number of β-amino-alcohol motifs (C(OH)–C–C–N with tert-alkyl or cyclic N) is 1. The number of aliphatic hydroxyl groups excluding tert-OH is 1. The zero-order valence-electron chi connectivity index (χ0n) is 18.8. The van der Waals surface area contributed by atoms with E-state index in [9.17, 15) is 15.0 Å². The van der Waals surface area contributed by atoms with Gasteiger partial charge in [0.15, 0.2) is 0 Å². The van der Waals surface area contributed by atoms with Crippen LogP contribution >= 0.6 is 0 Å². The van der Waals surface area contributed by atoms with E-state index in [-0.39, 0.29) is 16.8 Å². The molecule has 1 aliphatic rings. The van der Waals surface area contributed by atoms with Gasteiger partial charge in [-0.15, -0.1) is 0 Å². The lowest BCUT2D eigenvalue weighted by Crippen LogP contribution is -2.45. The molecular formula is C26H32N2O3. The van der Waals surface area contributed by atoms with Gasteiger partial charge >= 0.3 is 0 Å². The summed E-state index contributed by atoms with van der Waals surface area (Å²) < 4.78 is 0. The van der Waals surface area contributed by atoms with Crippen molar-refractivity contribution in [2.75, 3.05) is 6.54 Å². The van der Waals surface area contributed by atoms with Crippen molar-refractivity contribution in [1.82, 2.24) is 10.3 Å². The molecule has 0 unspecified atom stereocenters. The molecule has 0 aliphatic heterocycles. The number of aromatic amines is 1. The van der Waals surface area contributed by atoms with Gasteiger partial charge in [-0.25, -0.2) is 0 Å². The van der Waals surface area contributed by atoms with Crippen LogP contribution in [0.2, 0.25) is 0 Å². The Hall–Kier alpha value is -2.63. The number of benzene rings is 2. The van der Waals surface area contributed by atoms with Gasteiger partial charge in [0.2, 0.25) is 5.56 Å². The number of hydrogen-bond donors (Lipinski definition) is 4. The highest BCUT2D eigenvalue weighted by molar-refractivity contribution is 5.88. The molecule has 5 heteroatoms. The molecule has 0 radical (unpaired) electrons. The number of hydrogen-bond acceptors (Lipinski definition) is 4. The summed E-state index contributed by atoms with van der Waals surface area (Å²) in [6.07, 6.45) is 3.22. The fourth-order valence-electron chi connectivity index (χ4n) is 5.16. The zero-order valence-corrected chi connectivity index (χ0v) is 18.8. The number of pyridine rings is 1. The predicted molar refractivity (Wildman–Crippen MR) is 125 cm³/mol. The van der Waals surface area contributed by atoms with Crippen LogP contribution < -0.4 is 10.9 Å². The van der Waals surface area contributed by atoms with Crippen molar-refractivity contribution < 1.29 is 10.2 Å². The summed E-state index contributed by atoms with van der Waals surface area (Å²) in [5.41, 5.74) is 7.19. The summed E-state index contributed by atoms with van der Waals surface area (Å²) in [6, 6.07) is 9.43. The van der Waals surface area contributed by atoms with Crippen LogP contribution in [0.15, 0.2) is 35.1 Å². The summed E-state index contributed by atoms with van der Waals surface area (Å²) >= 11 is 0. The van der Waals surface area contributed by atoms with Gasteiger partial charge in [-0.1, -0.05) is 26.0 Å². The van der Waals surface area contributed by atoms with Crippen LogP contribution in [0.4, 0.5) is 0 Å². The average molecular weight is 421 g/mol. The topological polar surface area (TPSA) is 85.3 Å². The van der Waals surface area contributed by atoms with Crippen molar-refractivity contribution in [2.45, 2.75) is 65.0 Å². The summed E-state index contributed by atoms with van der Waals surface area (Å²) in [4.78, 5) is 14.4. The van der Waals surface area contributed by atoms with E-state index in [1.165, 1.54) is 28.3 Å².